The molecule has 0 saturated heterocycles. The number of aromatic nitrogens is 1. The molecular formula is C16H10Cl2N2O4. The number of halogens is 2. The molecule has 24 heavy (non-hydrogen) atoms. The predicted octanol–water partition coefficient (Wildman–Crippen LogP) is 4.67. The first kappa shape index (κ1) is 16.3. The van der Waals surface area contributed by atoms with E-state index in [-0.39, 0.29) is 17.8 Å². The van der Waals surface area contributed by atoms with Gasteiger partial charge in [0.05, 0.1) is 15.0 Å². The molecule has 0 amide bonds. The fraction of sp³-hybridized carbons (Fsp3) is 0.0625. The maximum absolute atomic E-state index is 11.5. The van der Waals surface area contributed by atoms with Crippen LogP contribution in [0.4, 0.5) is 5.69 Å². The first-order valence-corrected chi connectivity index (χ1v) is 7.58. The molecule has 0 spiro atoms. The van der Waals surface area contributed by atoms with Crippen molar-refractivity contribution in [3.63, 3.8) is 0 Å². The van der Waals surface area contributed by atoms with E-state index in [1.807, 2.05) is 0 Å². The van der Waals surface area contributed by atoms with E-state index in [1.54, 1.807) is 18.2 Å². The van der Waals surface area contributed by atoms with Gasteiger partial charge in [0.1, 0.15) is 5.69 Å². The van der Waals surface area contributed by atoms with Gasteiger partial charge in [0, 0.05) is 29.5 Å². The number of carbonyl (C=O) groups is 1. The van der Waals surface area contributed by atoms with Crippen LogP contribution in [0.5, 0.6) is 0 Å². The lowest BCUT2D eigenvalue weighted by Gasteiger charge is -2.04. The van der Waals surface area contributed by atoms with Gasteiger partial charge < -0.3 is 10.1 Å². The van der Waals surface area contributed by atoms with Gasteiger partial charge in [-0.15, -0.1) is 0 Å². The van der Waals surface area contributed by atoms with Crippen LogP contribution >= 0.6 is 23.2 Å². The number of carboxylic acid groups (broad SMARTS) is 1. The van der Waals surface area contributed by atoms with Crippen LogP contribution in [0.25, 0.3) is 10.9 Å². The first-order chi connectivity index (χ1) is 11.4. The standard InChI is InChI=1S/C16H10Cl2N2O4/c17-12-3-1-8(6-13(12)18)5-11-10-7-9(20(23)24)2-4-14(10)19-15(11)16(21)22/h1-4,6-7,19H,5H2,(H,21,22). The van der Waals surface area contributed by atoms with E-state index < -0.39 is 10.9 Å². The average Bonchev–Trinajstić information content (AvgIpc) is 2.89. The number of nitro benzene ring substituents is 1. The smallest absolute Gasteiger partial charge is 0.352 e. The highest BCUT2D eigenvalue weighted by molar-refractivity contribution is 6.42. The Labute approximate surface area is 145 Å². The molecule has 0 radical (unpaired) electrons. The lowest BCUT2D eigenvalue weighted by atomic mass is 10.0. The van der Waals surface area contributed by atoms with Crippen molar-refractivity contribution in [2.24, 2.45) is 0 Å². The van der Waals surface area contributed by atoms with Crippen molar-refractivity contribution in [3.8, 4) is 0 Å². The number of benzene rings is 2. The Morgan fingerprint density at radius 2 is 1.92 bits per heavy atom. The SMILES string of the molecule is O=C(O)c1[nH]c2ccc([N+](=O)[O-])cc2c1Cc1ccc(Cl)c(Cl)c1. The number of nitrogens with zero attached hydrogens (tertiary/aromatic N) is 1. The number of nitrogens with one attached hydrogen (secondary N) is 1. The van der Waals surface area contributed by atoms with Crippen molar-refractivity contribution < 1.29 is 14.8 Å². The second-order valence-corrected chi connectivity index (χ2v) is 6.01. The summed E-state index contributed by atoms with van der Waals surface area (Å²) in [5, 5.41) is 21.6. The minimum Gasteiger partial charge on any atom is -0.477 e. The minimum absolute atomic E-state index is 0.00318. The molecule has 1 heterocycles. The van der Waals surface area contributed by atoms with Gasteiger partial charge in [-0.3, -0.25) is 10.1 Å². The van der Waals surface area contributed by atoms with Gasteiger partial charge in [0.2, 0.25) is 0 Å². The number of aromatic carboxylic acids is 1. The molecule has 122 valence electrons. The maximum atomic E-state index is 11.5. The Balaban J connectivity index is 2.17. The summed E-state index contributed by atoms with van der Waals surface area (Å²) < 4.78 is 0. The molecule has 0 saturated carbocycles. The van der Waals surface area contributed by atoms with Gasteiger partial charge in [-0.25, -0.2) is 4.79 Å². The lowest BCUT2D eigenvalue weighted by molar-refractivity contribution is -0.384. The second kappa shape index (κ2) is 6.14. The molecule has 8 heteroatoms. The van der Waals surface area contributed by atoms with E-state index in [9.17, 15) is 20.0 Å². The van der Waals surface area contributed by atoms with Crippen LogP contribution in [0, 0.1) is 10.1 Å². The summed E-state index contributed by atoms with van der Waals surface area (Å²) >= 11 is 11.9. The number of rotatable bonds is 4. The van der Waals surface area contributed by atoms with Crippen molar-refractivity contribution in [2.75, 3.05) is 0 Å². The number of carboxylic acids is 1. The van der Waals surface area contributed by atoms with Crippen LogP contribution in [0.15, 0.2) is 36.4 Å². The average molecular weight is 365 g/mol. The summed E-state index contributed by atoms with van der Waals surface area (Å²) in [5.74, 6) is -1.14. The van der Waals surface area contributed by atoms with Crippen molar-refractivity contribution >= 4 is 45.8 Å². The molecule has 1 aromatic heterocycles. The van der Waals surface area contributed by atoms with E-state index >= 15 is 0 Å². The number of H-pyrrole nitrogens is 1. The van der Waals surface area contributed by atoms with Gasteiger partial charge in [0.15, 0.2) is 0 Å². The number of aromatic amines is 1. The van der Waals surface area contributed by atoms with Crippen LogP contribution in [0.1, 0.15) is 21.6 Å². The number of fused-ring (bicyclic) bond motifs is 1. The van der Waals surface area contributed by atoms with Crippen LogP contribution in [-0.2, 0) is 6.42 Å². The fourth-order valence-corrected chi connectivity index (χ4v) is 2.89. The topological polar surface area (TPSA) is 96.2 Å². The van der Waals surface area contributed by atoms with Crippen molar-refractivity contribution in [1.82, 2.24) is 4.98 Å². The summed E-state index contributed by atoms with van der Waals surface area (Å²) in [6.07, 6.45) is 0.250. The van der Waals surface area contributed by atoms with E-state index in [2.05, 4.69) is 4.98 Å². The molecule has 0 aliphatic carbocycles. The number of non-ortho nitro benzene ring substituents is 1. The zero-order chi connectivity index (χ0) is 17.4. The highest BCUT2D eigenvalue weighted by Gasteiger charge is 2.19. The van der Waals surface area contributed by atoms with Crippen LogP contribution in [0.2, 0.25) is 10.0 Å². The Bertz CT molecular complexity index is 982. The molecule has 3 aromatic rings. The Morgan fingerprint density at radius 1 is 1.17 bits per heavy atom. The predicted molar refractivity (Wildman–Crippen MR) is 91.2 cm³/mol. The lowest BCUT2D eigenvalue weighted by Crippen LogP contribution is -2.02. The van der Waals surface area contributed by atoms with Crippen molar-refractivity contribution in [2.45, 2.75) is 6.42 Å². The molecule has 0 aliphatic rings. The number of nitro groups is 1. The number of hydrogen-bond donors (Lipinski definition) is 2. The summed E-state index contributed by atoms with van der Waals surface area (Å²) in [7, 11) is 0. The second-order valence-electron chi connectivity index (χ2n) is 5.20. The fourth-order valence-electron chi connectivity index (χ4n) is 2.57. The molecule has 0 atom stereocenters. The van der Waals surface area contributed by atoms with E-state index in [0.29, 0.717) is 26.5 Å². The van der Waals surface area contributed by atoms with E-state index in [1.165, 1.54) is 18.2 Å². The summed E-state index contributed by atoms with van der Waals surface area (Å²) in [4.78, 5) is 24.8. The van der Waals surface area contributed by atoms with Gasteiger partial charge in [-0.1, -0.05) is 29.3 Å². The molecule has 2 N–H and O–H groups in total. The van der Waals surface area contributed by atoms with Crippen molar-refractivity contribution in [3.05, 3.63) is 73.4 Å². The van der Waals surface area contributed by atoms with Gasteiger partial charge in [-0.2, -0.15) is 0 Å². The molecular weight excluding hydrogens is 355 g/mol. The highest BCUT2D eigenvalue weighted by Crippen LogP contribution is 2.30. The third-order valence-corrected chi connectivity index (χ3v) is 4.42. The molecule has 3 rings (SSSR count). The molecule has 6 nitrogen and oxygen atoms in total. The summed E-state index contributed by atoms with van der Waals surface area (Å²) in [6, 6.07) is 9.19. The van der Waals surface area contributed by atoms with E-state index in [4.69, 9.17) is 23.2 Å². The molecule has 0 aliphatic heterocycles. The van der Waals surface area contributed by atoms with Crippen LogP contribution in [-0.4, -0.2) is 21.0 Å². The Morgan fingerprint density at radius 3 is 2.54 bits per heavy atom. The quantitative estimate of drug-likeness (QED) is 0.519. The highest BCUT2D eigenvalue weighted by atomic mass is 35.5. The summed E-state index contributed by atoms with van der Waals surface area (Å²) in [6.45, 7) is 0. The summed E-state index contributed by atoms with van der Waals surface area (Å²) in [5.41, 5.74) is 1.62. The van der Waals surface area contributed by atoms with E-state index in [0.717, 1.165) is 5.56 Å². The minimum atomic E-state index is -1.14. The Hall–Kier alpha value is -2.57. The normalized spacial score (nSPS) is 10.9. The maximum Gasteiger partial charge on any atom is 0.352 e. The molecule has 0 unspecified atom stereocenters. The molecule has 0 bridgehead atoms. The largest absolute Gasteiger partial charge is 0.477 e. The van der Waals surface area contributed by atoms with Gasteiger partial charge in [0.25, 0.3) is 5.69 Å². The van der Waals surface area contributed by atoms with Crippen molar-refractivity contribution in [1.29, 1.82) is 0 Å². The Kier molecular flexibility index (Phi) is 4.17. The zero-order valence-corrected chi connectivity index (χ0v) is 13.6. The van der Waals surface area contributed by atoms with Gasteiger partial charge in [-0.05, 0) is 29.3 Å². The first-order valence-electron chi connectivity index (χ1n) is 6.83. The third kappa shape index (κ3) is 2.93. The van der Waals surface area contributed by atoms with Gasteiger partial charge >= 0.3 is 5.97 Å². The van der Waals surface area contributed by atoms with Crippen LogP contribution in [0.3, 0.4) is 0 Å². The van der Waals surface area contributed by atoms with Crippen LogP contribution < -0.4 is 0 Å². The molecule has 2 aromatic carbocycles. The number of hydrogen-bond acceptors (Lipinski definition) is 3. The third-order valence-electron chi connectivity index (χ3n) is 3.68. The zero-order valence-electron chi connectivity index (χ0n) is 12.0. The monoisotopic (exact) mass is 364 g/mol. The molecule has 0 fully saturated rings.